The molecule has 0 aliphatic heterocycles. The number of imidazole rings is 1. The monoisotopic (exact) mass is 279 g/mol. The zero-order chi connectivity index (χ0) is 14.2. The van der Waals surface area contributed by atoms with Gasteiger partial charge >= 0.3 is 0 Å². The molecule has 0 atom stereocenters. The molecule has 3 aromatic rings. The predicted octanol–water partition coefficient (Wildman–Crippen LogP) is 2.80. The summed E-state index contributed by atoms with van der Waals surface area (Å²) in [4.78, 5) is 4.41. The molecule has 1 aliphatic rings. The van der Waals surface area contributed by atoms with Crippen LogP contribution in [-0.4, -0.2) is 21.1 Å². The molecule has 5 nitrogen and oxygen atoms in total. The minimum absolute atomic E-state index is 0.757. The zero-order valence-corrected chi connectivity index (χ0v) is 11.7. The number of hydrogen-bond donors (Lipinski definition) is 2. The molecule has 21 heavy (non-hydrogen) atoms. The van der Waals surface area contributed by atoms with E-state index in [0.717, 1.165) is 40.9 Å². The van der Waals surface area contributed by atoms with Gasteiger partial charge in [-0.2, -0.15) is 0 Å². The molecule has 0 radical (unpaired) electrons. The molecule has 1 aliphatic carbocycles. The molecule has 0 unspecified atom stereocenters. The van der Waals surface area contributed by atoms with Crippen LogP contribution in [0.5, 0.6) is 0 Å². The fourth-order valence-electron chi connectivity index (χ4n) is 2.39. The Bertz CT molecular complexity index is 771. The van der Waals surface area contributed by atoms with Gasteiger partial charge in [0.05, 0.1) is 11.9 Å². The molecule has 2 heterocycles. The summed E-state index contributed by atoms with van der Waals surface area (Å²) in [6, 6.07) is 11.7. The number of benzene rings is 1. The molecule has 1 saturated carbocycles. The highest BCUT2D eigenvalue weighted by Crippen LogP contribution is 2.29. The van der Waals surface area contributed by atoms with Crippen molar-refractivity contribution in [2.45, 2.75) is 12.8 Å². The summed E-state index contributed by atoms with van der Waals surface area (Å²) in [5.74, 6) is 1.71. The lowest BCUT2D eigenvalue weighted by atomic mass is 10.1. The van der Waals surface area contributed by atoms with E-state index in [0.29, 0.717) is 0 Å². The third-order valence-corrected chi connectivity index (χ3v) is 3.84. The normalized spacial score (nSPS) is 14.5. The van der Waals surface area contributed by atoms with Crippen LogP contribution in [0.4, 0.5) is 11.5 Å². The van der Waals surface area contributed by atoms with Gasteiger partial charge in [0.2, 0.25) is 0 Å². The quantitative estimate of drug-likeness (QED) is 0.721. The van der Waals surface area contributed by atoms with E-state index in [9.17, 15) is 0 Å². The second-order valence-electron chi connectivity index (χ2n) is 5.58. The average Bonchev–Trinajstić information content (AvgIpc) is 3.25. The largest absolute Gasteiger partial charge is 0.399 e. The molecule has 1 aromatic carbocycles. The van der Waals surface area contributed by atoms with Crippen LogP contribution in [0.15, 0.2) is 42.6 Å². The van der Waals surface area contributed by atoms with Crippen molar-refractivity contribution in [1.29, 1.82) is 0 Å². The van der Waals surface area contributed by atoms with Gasteiger partial charge in [-0.1, -0.05) is 12.1 Å². The Hall–Kier alpha value is -2.56. The van der Waals surface area contributed by atoms with Crippen LogP contribution in [0.3, 0.4) is 0 Å². The Morgan fingerprint density at radius 1 is 1.14 bits per heavy atom. The van der Waals surface area contributed by atoms with Gasteiger partial charge in [0.15, 0.2) is 5.65 Å². The zero-order valence-electron chi connectivity index (χ0n) is 11.7. The first-order chi connectivity index (χ1) is 10.3. The minimum atomic E-state index is 0.757. The average molecular weight is 279 g/mol. The second kappa shape index (κ2) is 4.77. The lowest BCUT2D eigenvalue weighted by Crippen LogP contribution is -2.07. The van der Waals surface area contributed by atoms with Crippen LogP contribution >= 0.6 is 0 Å². The third-order valence-electron chi connectivity index (χ3n) is 3.84. The van der Waals surface area contributed by atoms with Gasteiger partial charge in [-0.3, -0.25) is 0 Å². The molecule has 0 amide bonds. The van der Waals surface area contributed by atoms with Crippen molar-refractivity contribution in [2.24, 2.45) is 5.92 Å². The van der Waals surface area contributed by atoms with Crippen molar-refractivity contribution >= 4 is 17.2 Å². The van der Waals surface area contributed by atoms with Crippen LogP contribution in [-0.2, 0) is 0 Å². The molecule has 4 rings (SSSR count). The fourth-order valence-corrected chi connectivity index (χ4v) is 2.39. The van der Waals surface area contributed by atoms with E-state index in [2.05, 4.69) is 15.4 Å². The van der Waals surface area contributed by atoms with Gasteiger partial charge in [0, 0.05) is 17.8 Å². The summed E-state index contributed by atoms with van der Waals surface area (Å²) in [5, 5.41) is 8.04. The number of fused-ring (bicyclic) bond motifs is 1. The van der Waals surface area contributed by atoms with Crippen LogP contribution in [0.1, 0.15) is 12.8 Å². The summed E-state index contributed by atoms with van der Waals surface area (Å²) in [6.07, 6.45) is 4.51. The first-order valence-electron chi connectivity index (χ1n) is 7.24. The van der Waals surface area contributed by atoms with Gasteiger partial charge in [0.25, 0.3) is 0 Å². The van der Waals surface area contributed by atoms with E-state index in [1.54, 1.807) is 0 Å². The first-order valence-corrected chi connectivity index (χ1v) is 7.24. The second-order valence-corrected chi connectivity index (χ2v) is 5.58. The van der Waals surface area contributed by atoms with Crippen molar-refractivity contribution in [3.63, 3.8) is 0 Å². The molecule has 0 spiro atoms. The van der Waals surface area contributed by atoms with E-state index in [-0.39, 0.29) is 0 Å². The van der Waals surface area contributed by atoms with Gasteiger partial charge in [-0.05, 0) is 43.0 Å². The molecule has 5 heteroatoms. The molecule has 0 saturated heterocycles. The number of aromatic nitrogens is 3. The maximum absolute atomic E-state index is 5.74. The van der Waals surface area contributed by atoms with Crippen molar-refractivity contribution in [3.8, 4) is 11.3 Å². The third kappa shape index (κ3) is 2.42. The minimum Gasteiger partial charge on any atom is -0.399 e. The Labute approximate surface area is 122 Å². The molecule has 0 bridgehead atoms. The molecular weight excluding hydrogens is 262 g/mol. The molecular formula is C16H17N5. The lowest BCUT2D eigenvalue weighted by Gasteiger charge is -2.06. The van der Waals surface area contributed by atoms with Crippen molar-refractivity contribution in [3.05, 3.63) is 42.6 Å². The van der Waals surface area contributed by atoms with Crippen LogP contribution in [0.2, 0.25) is 0 Å². The summed E-state index contributed by atoms with van der Waals surface area (Å²) < 4.78 is 1.88. The molecule has 3 N–H and O–H groups in total. The number of nitrogens with one attached hydrogen (secondary N) is 1. The van der Waals surface area contributed by atoms with Gasteiger partial charge < -0.3 is 11.1 Å². The molecule has 1 fully saturated rings. The Balaban J connectivity index is 1.70. The fraction of sp³-hybridized carbons (Fsp3) is 0.250. The van der Waals surface area contributed by atoms with E-state index in [1.807, 2.05) is 47.1 Å². The smallest absolute Gasteiger partial charge is 0.154 e. The van der Waals surface area contributed by atoms with Crippen LogP contribution in [0, 0.1) is 5.92 Å². The maximum Gasteiger partial charge on any atom is 0.154 e. The molecule has 106 valence electrons. The number of rotatable bonds is 4. The standard InChI is InChI=1S/C16H17N5/c17-13-5-3-12(4-6-13)14-10-19-16-8-7-15(20-21(14)16)18-9-11-1-2-11/h3-8,10-11H,1-2,9,17H2,(H,18,20). The summed E-state index contributed by atoms with van der Waals surface area (Å²) in [6.45, 7) is 1.00. The number of anilines is 2. The van der Waals surface area contributed by atoms with E-state index < -0.39 is 0 Å². The van der Waals surface area contributed by atoms with Gasteiger partial charge in [0.1, 0.15) is 5.82 Å². The predicted molar refractivity (Wildman–Crippen MR) is 84.0 cm³/mol. The van der Waals surface area contributed by atoms with Crippen molar-refractivity contribution in [2.75, 3.05) is 17.6 Å². The topological polar surface area (TPSA) is 68.2 Å². The maximum atomic E-state index is 5.74. The highest BCUT2D eigenvalue weighted by atomic mass is 15.3. The SMILES string of the molecule is Nc1ccc(-c2cnc3ccc(NCC4CC4)nn23)cc1. The number of hydrogen-bond acceptors (Lipinski definition) is 4. The van der Waals surface area contributed by atoms with E-state index in [1.165, 1.54) is 12.8 Å². The van der Waals surface area contributed by atoms with E-state index in [4.69, 9.17) is 5.73 Å². The highest BCUT2D eigenvalue weighted by Gasteiger charge is 2.20. The summed E-state index contributed by atoms with van der Waals surface area (Å²) in [7, 11) is 0. The number of nitrogen functional groups attached to an aromatic ring is 1. The highest BCUT2D eigenvalue weighted by molar-refractivity contribution is 5.65. The van der Waals surface area contributed by atoms with Gasteiger partial charge in [-0.15, -0.1) is 5.10 Å². The Morgan fingerprint density at radius 3 is 2.71 bits per heavy atom. The van der Waals surface area contributed by atoms with Gasteiger partial charge in [-0.25, -0.2) is 9.50 Å². The Kier molecular flexibility index (Phi) is 2.77. The summed E-state index contributed by atoms with van der Waals surface area (Å²) in [5.41, 5.74) is 9.38. The number of nitrogens with zero attached hydrogens (tertiary/aromatic N) is 3. The number of nitrogens with two attached hydrogens (primary N) is 1. The first kappa shape index (κ1) is 12.2. The summed E-state index contributed by atoms with van der Waals surface area (Å²) >= 11 is 0. The van der Waals surface area contributed by atoms with Crippen LogP contribution < -0.4 is 11.1 Å². The Morgan fingerprint density at radius 2 is 1.95 bits per heavy atom. The lowest BCUT2D eigenvalue weighted by molar-refractivity contribution is 0.862. The van der Waals surface area contributed by atoms with Crippen molar-refractivity contribution in [1.82, 2.24) is 14.6 Å². The van der Waals surface area contributed by atoms with Crippen molar-refractivity contribution < 1.29 is 0 Å². The van der Waals surface area contributed by atoms with E-state index >= 15 is 0 Å². The molecule has 2 aromatic heterocycles. The van der Waals surface area contributed by atoms with Crippen LogP contribution in [0.25, 0.3) is 16.9 Å².